The normalized spacial score (nSPS) is 13.6. The first-order valence-corrected chi connectivity index (χ1v) is 12.6. The molecule has 0 bridgehead atoms. The van der Waals surface area contributed by atoms with Gasteiger partial charge in [0.15, 0.2) is 0 Å². The summed E-state index contributed by atoms with van der Waals surface area (Å²) in [6.45, 7) is 1.31. The highest BCUT2D eigenvalue weighted by Gasteiger charge is 2.37. The minimum absolute atomic E-state index is 0.129. The number of carboxylic acids is 1. The van der Waals surface area contributed by atoms with Crippen LogP contribution in [0, 0.1) is 6.92 Å². The number of benzene rings is 3. The highest BCUT2D eigenvalue weighted by atomic mass is 16.4. The van der Waals surface area contributed by atoms with Gasteiger partial charge in [0.1, 0.15) is 13.1 Å². The summed E-state index contributed by atoms with van der Waals surface area (Å²) >= 11 is 0. The van der Waals surface area contributed by atoms with Gasteiger partial charge in [0.2, 0.25) is 5.91 Å². The van der Waals surface area contributed by atoms with Gasteiger partial charge in [0.05, 0.1) is 12.5 Å². The van der Waals surface area contributed by atoms with Crippen LogP contribution in [0.25, 0.3) is 0 Å². The first-order chi connectivity index (χ1) is 19.2. The summed E-state index contributed by atoms with van der Waals surface area (Å²) in [5.74, 6) is -2.26. The number of carboxylic acid groups (broad SMARTS) is 1. The van der Waals surface area contributed by atoms with Crippen molar-refractivity contribution in [1.82, 2.24) is 15.1 Å². The molecule has 206 valence electrons. The third kappa shape index (κ3) is 7.22. The predicted molar refractivity (Wildman–Crippen MR) is 147 cm³/mol. The summed E-state index contributed by atoms with van der Waals surface area (Å²) in [7, 11) is 0. The quantitative estimate of drug-likeness (QED) is 0.286. The molecular weight excluding hydrogens is 514 g/mol. The smallest absolute Gasteiger partial charge is 0.328 e. The Morgan fingerprint density at radius 1 is 0.900 bits per heavy atom. The molecular formula is C29H29N5O6. The zero-order valence-electron chi connectivity index (χ0n) is 21.8. The molecule has 0 radical (unpaired) electrons. The van der Waals surface area contributed by atoms with Crippen LogP contribution in [0.3, 0.4) is 0 Å². The number of hydrogen-bond acceptors (Lipinski definition) is 5. The standard InChI is InChI=1S/C29H29N5O6/c1-19-7-5-6-10-23(19)32-28(39)30-22-13-11-20(12-14-22)16-33-18-26(36)34(29(33)40)17-25(35)31-24(15-27(37)38)21-8-3-2-4-9-21/h2-14,24H,15-18H2,1H3,(H,31,35)(H,37,38)(H2,30,32,39). The molecule has 0 aromatic heterocycles. The number of para-hydroxylation sites is 1. The molecule has 11 nitrogen and oxygen atoms in total. The fraction of sp³-hybridized carbons (Fsp3) is 0.207. The Kier molecular flexibility index (Phi) is 8.75. The lowest BCUT2D eigenvalue weighted by Crippen LogP contribution is -2.42. The van der Waals surface area contributed by atoms with E-state index < -0.39 is 42.4 Å². The van der Waals surface area contributed by atoms with Gasteiger partial charge >= 0.3 is 18.0 Å². The molecule has 3 aromatic rings. The Morgan fingerprint density at radius 2 is 1.57 bits per heavy atom. The first-order valence-electron chi connectivity index (χ1n) is 12.6. The van der Waals surface area contributed by atoms with Gasteiger partial charge in [-0.1, -0.05) is 60.7 Å². The molecule has 1 aliphatic heterocycles. The molecule has 1 aliphatic rings. The number of urea groups is 2. The number of anilines is 2. The van der Waals surface area contributed by atoms with Crippen molar-refractivity contribution in [2.24, 2.45) is 0 Å². The molecule has 1 fully saturated rings. The van der Waals surface area contributed by atoms with Crippen LogP contribution in [-0.2, 0) is 20.9 Å². The van der Waals surface area contributed by atoms with Crippen molar-refractivity contribution >= 4 is 41.2 Å². The van der Waals surface area contributed by atoms with Crippen molar-refractivity contribution in [1.29, 1.82) is 0 Å². The number of aliphatic carboxylic acids is 1. The zero-order valence-corrected chi connectivity index (χ0v) is 21.8. The summed E-state index contributed by atoms with van der Waals surface area (Å²) in [5.41, 5.74) is 3.50. The lowest BCUT2D eigenvalue weighted by atomic mass is 10.0. The van der Waals surface area contributed by atoms with Crippen LogP contribution < -0.4 is 16.0 Å². The van der Waals surface area contributed by atoms with E-state index >= 15 is 0 Å². The molecule has 1 unspecified atom stereocenters. The van der Waals surface area contributed by atoms with Gasteiger partial charge in [-0.3, -0.25) is 19.3 Å². The Labute approximate surface area is 230 Å². The van der Waals surface area contributed by atoms with Gasteiger partial charge in [-0.2, -0.15) is 0 Å². The van der Waals surface area contributed by atoms with E-state index in [0.29, 0.717) is 16.9 Å². The number of carbonyl (C=O) groups excluding carboxylic acids is 4. The molecule has 40 heavy (non-hydrogen) atoms. The number of nitrogens with one attached hydrogen (secondary N) is 3. The number of aryl methyl sites for hydroxylation is 1. The molecule has 3 aromatic carbocycles. The number of carbonyl (C=O) groups is 5. The van der Waals surface area contributed by atoms with Gasteiger partial charge in [0.25, 0.3) is 5.91 Å². The molecule has 4 N–H and O–H groups in total. The van der Waals surface area contributed by atoms with Crippen LogP contribution in [0.4, 0.5) is 21.0 Å². The van der Waals surface area contributed by atoms with Crippen molar-refractivity contribution in [2.45, 2.75) is 25.9 Å². The maximum atomic E-state index is 12.9. The van der Waals surface area contributed by atoms with E-state index in [1.807, 2.05) is 25.1 Å². The molecule has 6 amide bonds. The summed E-state index contributed by atoms with van der Waals surface area (Å²) < 4.78 is 0. The van der Waals surface area contributed by atoms with E-state index in [1.165, 1.54) is 4.90 Å². The molecule has 11 heteroatoms. The van der Waals surface area contributed by atoms with Crippen molar-refractivity contribution in [2.75, 3.05) is 23.7 Å². The van der Waals surface area contributed by atoms with Crippen LogP contribution >= 0.6 is 0 Å². The maximum Gasteiger partial charge on any atom is 0.328 e. The lowest BCUT2D eigenvalue weighted by molar-refractivity contribution is -0.138. The monoisotopic (exact) mass is 543 g/mol. The van der Waals surface area contributed by atoms with Gasteiger partial charge in [0, 0.05) is 17.9 Å². The summed E-state index contributed by atoms with van der Waals surface area (Å²) in [6, 6.07) is 21.0. The third-order valence-corrected chi connectivity index (χ3v) is 6.32. The number of rotatable bonds is 10. The third-order valence-electron chi connectivity index (χ3n) is 6.32. The SMILES string of the molecule is Cc1ccccc1NC(=O)Nc1ccc(CN2CC(=O)N(CC(=O)NC(CC(=O)O)c3ccccc3)C2=O)cc1. The Balaban J connectivity index is 1.31. The average Bonchev–Trinajstić information content (AvgIpc) is 3.18. The largest absolute Gasteiger partial charge is 0.481 e. The minimum atomic E-state index is -1.10. The van der Waals surface area contributed by atoms with Gasteiger partial charge in [-0.25, -0.2) is 9.59 Å². The Bertz CT molecular complexity index is 1410. The van der Waals surface area contributed by atoms with E-state index in [4.69, 9.17) is 0 Å². The van der Waals surface area contributed by atoms with Crippen molar-refractivity contribution in [3.63, 3.8) is 0 Å². The van der Waals surface area contributed by atoms with Crippen molar-refractivity contribution < 1.29 is 29.1 Å². The topological polar surface area (TPSA) is 148 Å². The van der Waals surface area contributed by atoms with Crippen LogP contribution in [0.2, 0.25) is 0 Å². The Morgan fingerprint density at radius 3 is 2.25 bits per heavy atom. The molecule has 0 spiro atoms. The predicted octanol–water partition coefficient (Wildman–Crippen LogP) is 3.74. The van der Waals surface area contributed by atoms with E-state index in [0.717, 1.165) is 16.0 Å². The van der Waals surface area contributed by atoms with Crippen LogP contribution in [0.5, 0.6) is 0 Å². The van der Waals surface area contributed by atoms with E-state index in [2.05, 4.69) is 16.0 Å². The summed E-state index contributed by atoms with van der Waals surface area (Å²) in [6.07, 6.45) is -0.345. The zero-order chi connectivity index (χ0) is 28.6. The highest BCUT2D eigenvalue weighted by molar-refractivity contribution is 6.04. The van der Waals surface area contributed by atoms with Crippen molar-refractivity contribution in [3.05, 3.63) is 95.6 Å². The molecule has 0 aliphatic carbocycles. The Hall–Kier alpha value is -5.19. The van der Waals surface area contributed by atoms with Gasteiger partial charge in [-0.15, -0.1) is 0 Å². The maximum absolute atomic E-state index is 12.9. The molecule has 4 rings (SSSR count). The average molecular weight is 544 g/mol. The second-order valence-electron chi connectivity index (χ2n) is 9.34. The minimum Gasteiger partial charge on any atom is -0.481 e. The molecule has 0 saturated carbocycles. The lowest BCUT2D eigenvalue weighted by Gasteiger charge is -2.20. The van der Waals surface area contributed by atoms with Gasteiger partial charge in [-0.05, 0) is 41.8 Å². The first kappa shape index (κ1) is 27.8. The number of nitrogens with zero attached hydrogens (tertiary/aromatic N) is 2. The number of hydrogen-bond donors (Lipinski definition) is 4. The van der Waals surface area contributed by atoms with Crippen molar-refractivity contribution in [3.8, 4) is 0 Å². The van der Waals surface area contributed by atoms with E-state index in [1.54, 1.807) is 60.7 Å². The molecule has 1 heterocycles. The van der Waals surface area contributed by atoms with E-state index in [-0.39, 0.29) is 19.5 Å². The van der Waals surface area contributed by atoms with Gasteiger partial charge < -0.3 is 26.0 Å². The second kappa shape index (κ2) is 12.6. The van der Waals surface area contributed by atoms with Crippen LogP contribution in [-0.4, -0.2) is 57.8 Å². The summed E-state index contributed by atoms with van der Waals surface area (Å²) in [5, 5.41) is 17.4. The molecule has 1 saturated heterocycles. The van der Waals surface area contributed by atoms with Crippen LogP contribution in [0.15, 0.2) is 78.9 Å². The van der Waals surface area contributed by atoms with E-state index in [9.17, 15) is 29.1 Å². The number of amides is 6. The fourth-order valence-electron chi connectivity index (χ4n) is 4.28. The highest BCUT2D eigenvalue weighted by Crippen LogP contribution is 2.19. The fourth-order valence-corrected chi connectivity index (χ4v) is 4.28. The number of imide groups is 1. The second-order valence-corrected chi connectivity index (χ2v) is 9.34. The van der Waals surface area contributed by atoms with Crippen LogP contribution in [0.1, 0.15) is 29.2 Å². The summed E-state index contributed by atoms with van der Waals surface area (Å²) in [4.78, 5) is 63.9. The molecule has 1 atom stereocenters.